The quantitative estimate of drug-likeness (QED) is 0.298. The summed E-state index contributed by atoms with van der Waals surface area (Å²) in [5.74, 6) is -0.113. The molecule has 0 atom stereocenters. The van der Waals surface area contributed by atoms with Gasteiger partial charge in [0.1, 0.15) is 23.1 Å². The summed E-state index contributed by atoms with van der Waals surface area (Å²) in [7, 11) is 1.52. The van der Waals surface area contributed by atoms with Gasteiger partial charge >= 0.3 is 0 Å². The zero-order valence-corrected chi connectivity index (χ0v) is 21.0. The highest BCUT2D eigenvalue weighted by Crippen LogP contribution is 2.25. The molecule has 186 valence electrons. The van der Waals surface area contributed by atoms with Crippen molar-refractivity contribution >= 4 is 40.7 Å². The number of amides is 1. The van der Waals surface area contributed by atoms with Gasteiger partial charge in [-0.05, 0) is 42.8 Å². The number of fused-ring (bicyclic) bond motifs is 1. The number of carbonyl (C=O) groups excluding carboxylic acids is 1. The number of methoxy groups -OCH3 is 1. The topological polar surface area (TPSA) is 103 Å². The molecule has 1 fully saturated rings. The molecule has 0 unspecified atom stereocenters. The minimum Gasteiger partial charge on any atom is -0.383 e. The second kappa shape index (κ2) is 11.2. The molecule has 3 heterocycles. The molecule has 1 aliphatic heterocycles. The van der Waals surface area contributed by atoms with Crippen LogP contribution in [-0.4, -0.2) is 61.7 Å². The second-order valence-corrected chi connectivity index (χ2v) is 8.85. The van der Waals surface area contributed by atoms with Gasteiger partial charge < -0.3 is 19.9 Å². The van der Waals surface area contributed by atoms with Gasteiger partial charge in [-0.15, -0.1) is 0 Å². The highest BCUT2D eigenvalue weighted by atomic mass is 35.5. The normalized spacial score (nSPS) is 14.1. The van der Waals surface area contributed by atoms with Gasteiger partial charge in [-0.3, -0.25) is 14.0 Å². The highest BCUT2D eigenvalue weighted by molar-refractivity contribution is 6.30. The third-order valence-corrected chi connectivity index (χ3v) is 6.30. The Bertz CT molecular complexity index is 1400. The predicted molar refractivity (Wildman–Crippen MR) is 141 cm³/mol. The maximum atomic E-state index is 13.6. The molecule has 1 N–H and O–H groups in total. The van der Waals surface area contributed by atoms with E-state index in [4.69, 9.17) is 21.3 Å². The smallest absolute Gasteiger partial charge is 0.267 e. The molecule has 0 aliphatic carbocycles. The summed E-state index contributed by atoms with van der Waals surface area (Å²) in [5.41, 5.74) is 2.11. The lowest BCUT2D eigenvalue weighted by Gasteiger charge is -2.37. The molecule has 10 heteroatoms. The number of carbonyl (C=O) groups is 1. The molecule has 2 aromatic heterocycles. The summed E-state index contributed by atoms with van der Waals surface area (Å²) in [6.07, 6.45) is 2.98. The van der Waals surface area contributed by atoms with Crippen molar-refractivity contribution in [3.8, 4) is 6.07 Å². The van der Waals surface area contributed by atoms with Crippen LogP contribution in [-0.2, 0) is 9.53 Å². The number of nitrogens with one attached hydrogen (secondary N) is 1. The first-order chi connectivity index (χ1) is 17.4. The minimum atomic E-state index is -0.569. The molecule has 1 aromatic carbocycles. The average molecular weight is 507 g/mol. The van der Waals surface area contributed by atoms with Gasteiger partial charge in [0.15, 0.2) is 0 Å². The van der Waals surface area contributed by atoms with Crippen molar-refractivity contribution in [2.75, 3.05) is 56.2 Å². The molecule has 1 aliphatic rings. The standard InChI is InChI=1S/C26H27ClN6O3/c1-18-5-4-9-33-23(18)30-24(22(26(33)35)15-19(17-28)25(34)29-8-14-36-2)32-12-10-31(11-13-32)21-7-3-6-20(27)16-21/h3-7,9,15-16H,8,10-14H2,1-2H3,(H,29,34)/b19-15+. The highest BCUT2D eigenvalue weighted by Gasteiger charge is 2.24. The lowest BCUT2D eigenvalue weighted by atomic mass is 10.1. The fourth-order valence-corrected chi connectivity index (χ4v) is 4.36. The van der Waals surface area contributed by atoms with Crippen LogP contribution in [0.4, 0.5) is 11.5 Å². The molecule has 1 saturated heterocycles. The molecule has 36 heavy (non-hydrogen) atoms. The van der Waals surface area contributed by atoms with E-state index >= 15 is 0 Å². The number of nitriles is 1. The molecule has 3 aromatic rings. The molecule has 0 saturated carbocycles. The molecule has 0 spiro atoms. The van der Waals surface area contributed by atoms with E-state index in [2.05, 4.69) is 10.2 Å². The van der Waals surface area contributed by atoms with Gasteiger partial charge in [0, 0.05) is 56.7 Å². The van der Waals surface area contributed by atoms with E-state index in [0.717, 1.165) is 11.3 Å². The number of aryl methyl sites for hydroxylation is 1. The molecule has 1 amide bonds. The second-order valence-electron chi connectivity index (χ2n) is 8.41. The van der Waals surface area contributed by atoms with Crippen molar-refractivity contribution in [1.82, 2.24) is 14.7 Å². The van der Waals surface area contributed by atoms with E-state index in [1.165, 1.54) is 17.6 Å². The number of anilines is 2. The van der Waals surface area contributed by atoms with E-state index in [9.17, 15) is 14.9 Å². The minimum absolute atomic E-state index is 0.170. The Hall–Kier alpha value is -3.87. The fourth-order valence-electron chi connectivity index (χ4n) is 4.17. The van der Waals surface area contributed by atoms with Crippen LogP contribution < -0.4 is 20.7 Å². The van der Waals surface area contributed by atoms with E-state index in [0.29, 0.717) is 49.3 Å². The number of benzene rings is 1. The summed E-state index contributed by atoms with van der Waals surface area (Å²) in [5, 5.41) is 13.0. The first-order valence-electron chi connectivity index (χ1n) is 11.6. The van der Waals surface area contributed by atoms with Crippen LogP contribution in [0.2, 0.25) is 5.02 Å². The zero-order valence-electron chi connectivity index (χ0n) is 20.2. The van der Waals surface area contributed by atoms with Gasteiger partial charge in [-0.25, -0.2) is 4.98 Å². The fraction of sp³-hybridized carbons (Fsp3) is 0.308. The number of hydrogen-bond donors (Lipinski definition) is 1. The predicted octanol–water partition coefficient (Wildman–Crippen LogP) is 2.65. The van der Waals surface area contributed by atoms with E-state index in [1.54, 1.807) is 12.3 Å². The largest absolute Gasteiger partial charge is 0.383 e. The van der Waals surface area contributed by atoms with Crippen molar-refractivity contribution in [1.29, 1.82) is 5.26 Å². The Labute approximate surface area is 214 Å². The van der Waals surface area contributed by atoms with Gasteiger partial charge in [-0.1, -0.05) is 23.7 Å². The number of pyridine rings is 1. The molecule has 9 nitrogen and oxygen atoms in total. The molecular formula is C26H27ClN6O3. The maximum Gasteiger partial charge on any atom is 0.267 e. The van der Waals surface area contributed by atoms with E-state index in [1.807, 2.05) is 48.2 Å². The van der Waals surface area contributed by atoms with Crippen LogP contribution in [0.25, 0.3) is 11.7 Å². The Balaban J connectivity index is 1.72. The number of ether oxygens (including phenoxy) is 1. The summed E-state index contributed by atoms with van der Waals surface area (Å²) in [6, 6.07) is 13.3. The van der Waals surface area contributed by atoms with Crippen LogP contribution in [0.1, 0.15) is 11.1 Å². The third-order valence-electron chi connectivity index (χ3n) is 6.06. The monoisotopic (exact) mass is 506 g/mol. The Kier molecular flexibility index (Phi) is 7.88. The molecule has 0 bridgehead atoms. The summed E-state index contributed by atoms with van der Waals surface area (Å²) >= 11 is 6.17. The lowest BCUT2D eigenvalue weighted by molar-refractivity contribution is -0.117. The molecule has 0 radical (unpaired) electrons. The van der Waals surface area contributed by atoms with Crippen molar-refractivity contribution in [2.45, 2.75) is 6.92 Å². The average Bonchev–Trinajstić information content (AvgIpc) is 2.89. The molecule has 4 rings (SSSR count). The Morgan fingerprint density at radius 2 is 1.97 bits per heavy atom. The van der Waals surface area contributed by atoms with Gasteiger partial charge in [-0.2, -0.15) is 5.26 Å². The molecular weight excluding hydrogens is 480 g/mol. The number of aromatic nitrogens is 2. The van der Waals surface area contributed by atoms with Crippen molar-refractivity contribution in [3.05, 3.63) is 74.7 Å². The Morgan fingerprint density at radius 1 is 1.22 bits per heavy atom. The van der Waals surface area contributed by atoms with Crippen LogP contribution in [0.5, 0.6) is 0 Å². The number of rotatable bonds is 7. The third kappa shape index (κ3) is 5.35. The number of nitrogens with zero attached hydrogens (tertiary/aromatic N) is 5. The SMILES string of the molecule is COCCNC(=O)/C(C#N)=C/c1c(N2CCN(c3cccc(Cl)c3)CC2)nc2c(C)cccn2c1=O. The lowest BCUT2D eigenvalue weighted by Crippen LogP contribution is -2.47. The first kappa shape index (κ1) is 25.2. The van der Waals surface area contributed by atoms with Crippen molar-refractivity contribution in [3.63, 3.8) is 0 Å². The van der Waals surface area contributed by atoms with Gasteiger partial charge in [0.05, 0.1) is 12.2 Å². The van der Waals surface area contributed by atoms with E-state index in [-0.39, 0.29) is 23.2 Å². The maximum absolute atomic E-state index is 13.6. The zero-order chi connectivity index (χ0) is 25.7. The summed E-state index contributed by atoms with van der Waals surface area (Å²) in [4.78, 5) is 35.2. The summed E-state index contributed by atoms with van der Waals surface area (Å²) in [6.45, 7) is 5.05. The van der Waals surface area contributed by atoms with Crippen LogP contribution >= 0.6 is 11.6 Å². The van der Waals surface area contributed by atoms with Crippen LogP contribution in [0, 0.1) is 18.3 Å². The summed E-state index contributed by atoms with van der Waals surface area (Å²) < 4.78 is 6.40. The number of piperazine rings is 1. The van der Waals surface area contributed by atoms with E-state index < -0.39 is 5.91 Å². The van der Waals surface area contributed by atoms with Crippen LogP contribution in [0.15, 0.2) is 53.0 Å². The number of hydrogen-bond acceptors (Lipinski definition) is 7. The van der Waals surface area contributed by atoms with Crippen LogP contribution in [0.3, 0.4) is 0 Å². The number of halogens is 1. The van der Waals surface area contributed by atoms with Crippen molar-refractivity contribution < 1.29 is 9.53 Å². The van der Waals surface area contributed by atoms with Gasteiger partial charge in [0.2, 0.25) is 0 Å². The Morgan fingerprint density at radius 3 is 2.67 bits per heavy atom. The van der Waals surface area contributed by atoms with Gasteiger partial charge in [0.25, 0.3) is 11.5 Å². The first-order valence-corrected chi connectivity index (χ1v) is 12.0. The van der Waals surface area contributed by atoms with Crippen molar-refractivity contribution in [2.24, 2.45) is 0 Å².